The summed E-state index contributed by atoms with van der Waals surface area (Å²) in [5.74, 6) is -0.0851. The molecule has 5 nitrogen and oxygen atoms in total. The quantitative estimate of drug-likeness (QED) is 0.774. The lowest BCUT2D eigenvalue weighted by Gasteiger charge is -2.14. The van der Waals surface area contributed by atoms with E-state index < -0.39 is 17.7 Å². The number of aromatic nitrogens is 1. The van der Waals surface area contributed by atoms with Crippen LogP contribution in [-0.4, -0.2) is 23.7 Å². The molecule has 0 radical (unpaired) electrons. The van der Waals surface area contributed by atoms with Crippen LogP contribution in [0.4, 0.5) is 19.0 Å². The summed E-state index contributed by atoms with van der Waals surface area (Å²) in [4.78, 5) is 26.8. The second-order valence-electron chi connectivity index (χ2n) is 6.07. The number of nitrogens with zero attached hydrogens (tertiary/aromatic N) is 1. The first-order chi connectivity index (χ1) is 12.4. The predicted octanol–water partition coefficient (Wildman–Crippen LogP) is 2.67. The maximum atomic E-state index is 12.6. The molecule has 26 heavy (non-hydrogen) atoms. The summed E-state index contributed by atoms with van der Waals surface area (Å²) in [6, 6.07) is 6.44. The molecule has 1 amide bonds. The lowest BCUT2D eigenvalue weighted by molar-refractivity contribution is -0.137. The SMILES string of the molecule is O=CC(CNCc1cnc2c(c1)CC(=O)N2)c1ccc(C(F)(F)F)cc1. The lowest BCUT2D eigenvalue weighted by Crippen LogP contribution is -2.22. The van der Waals surface area contributed by atoms with Crippen molar-refractivity contribution in [2.45, 2.75) is 25.1 Å². The maximum absolute atomic E-state index is 12.6. The van der Waals surface area contributed by atoms with Gasteiger partial charge in [-0.3, -0.25) is 4.79 Å². The van der Waals surface area contributed by atoms with Gasteiger partial charge < -0.3 is 15.4 Å². The first-order valence-electron chi connectivity index (χ1n) is 7.97. The minimum absolute atomic E-state index is 0.0964. The third-order valence-electron chi connectivity index (χ3n) is 4.16. The molecule has 2 N–H and O–H groups in total. The number of pyridine rings is 1. The molecule has 0 fully saturated rings. The Morgan fingerprint density at radius 1 is 1.27 bits per heavy atom. The van der Waals surface area contributed by atoms with Crippen molar-refractivity contribution in [3.8, 4) is 0 Å². The monoisotopic (exact) mass is 363 g/mol. The van der Waals surface area contributed by atoms with Gasteiger partial charge >= 0.3 is 6.18 Å². The highest BCUT2D eigenvalue weighted by Crippen LogP contribution is 2.30. The molecule has 1 aromatic heterocycles. The van der Waals surface area contributed by atoms with Gasteiger partial charge in [-0.05, 0) is 29.3 Å². The number of rotatable bonds is 6. The topological polar surface area (TPSA) is 71.1 Å². The van der Waals surface area contributed by atoms with E-state index in [4.69, 9.17) is 0 Å². The highest BCUT2D eigenvalue weighted by Gasteiger charge is 2.30. The maximum Gasteiger partial charge on any atom is 0.416 e. The molecule has 1 aromatic carbocycles. The van der Waals surface area contributed by atoms with Crippen molar-refractivity contribution < 1.29 is 22.8 Å². The molecule has 0 bridgehead atoms. The van der Waals surface area contributed by atoms with Crippen molar-refractivity contribution in [3.63, 3.8) is 0 Å². The molecule has 2 aromatic rings. The van der Waals surface area contributed by atoms with Crippen LogP contribution in [-0.2, 0) is 28.7 Å². The lowest BCUT2D eigenvalue weighted by atomic mass is 9.99. The normalized spacial score (nSPS) is 14.7. The average molecular weight is 363 g/mol. The van der Waals surface area contributed by atoms with Crippen molar-refractivity contribution >= 4 is 18.0 Å². The summed E-state index contributed by atoms with van der Waals surface area (Å²) < 4.78 is 37.8. The Balaban J connectivity index is 1.59. The largest absolute Gasteiger partial charge is 0.416 e. The number of halogens is 3. The number of hydrogen-bond acceptors (Lipinski definition) is 4. The highest BCUT2D eigenvalue weighted by atomic mass is 19.4. The van der Waals surface area contributed by atoms with E-state index in [2.05, 4.69) is 15.6 Å². The number of anilines is 1. The molecule has 2 heterocycles. The number of carbonyl (C=O) groups excluding carboxylic acids is 2. The van der Waals surface area contributed by atoms with E-state index in [0.29, 0.717) is 30.6 Å². The van der Waals surface area contributed by atoms with E-state index in [0.717, 1.165) is 23.3 Å². The number of aldehydes is 1. The fourth-order valence-electron chi connectivity index (χ4n) is 2.79. The second kappa shape index (κ2) is 7.25. The van der Waals surface area contributed by atoms with Crippen molar-refractivity contribution in [2.24, 2.45) is 0 Å². The zero-order chi connectivity index (χ0) is 18.7. The predicted molar refractivity (Wildman–Crippen MR) is 88.5 cm³/mol. The molecule has 0 saturated heterocycles. The van der Waals surface area contributed by atoms with E-state index in [-0.39, 0.29) is 12.5 Å². The van der Waals surface area contributed by atoms with Gasteiger partial charge in [0.05, 0.1) is 17.9 Å². The van der Waals surface area contributed by atoms with Crippen LogP contribution in [0, 0.1) is 0 Å². The summed E-state index contributed by atoms with van der Waals surface area (Å²) in [6.45, 7) is 0.711. The van der Waals surface area contributed by atoms with Crippen molar-refractivity contribution in [1.82, 2.24) is 10.3 Å². The van der Waals surface area contributed by atoms with Crippen molar-refractivity contribution in [3.05, 3.63) is 58.8 Å². The molecule has 3 rings (SSSR count). The van der Waals surface area contributed by atoms with E-state index in [1.165, 1.54) is 12.1 Å². The van der Waals surface area contributed by atoms with Crippen LogP contribution in [0.5, 0.6) is 0 Å². The molecule has 136 valence electrons. The van der Waals surface area contributed by atoms with Gasteiger partial charge in [0, 0.05) is 24.8 Å². The molecule has 1 unspecified atom stereocenters. The number of alkyl halides is 3. The number of fused-ring (bicyclic) bond motifs is 1. The molecular formula is C18H16F3N3O2. The third-order valence-corrected chi connectivity index (χ3v) is 4.16. The molecular weight excluding hydrogens is 347 g/mol. The summed E-state index contributed by atoms with van der Waals surface area (Å²) >= 11 is 0. The average Bonchev–Trinajstić information content (AvgIpc) is 2.97. The van der Waals surface area contributed by atoms with Crippen LogP contribution >= 0.6 is 0 Å². The van der Waals surface area contributed by atoms with E-state index in [1.54, 1.807) is 6.20 Å². The number of amides is 1. The Hall–Kier alpha value is -2.74. The van der Waals surface area contributed by atoms with Gasteiger partial charge in [0.15, 0.2) is 0 Å². The zero-order valence-corrected chi connectivity index (χ0v) is 13.6. The van der Waals surface area contributed by atoms with Crippen LogP contribution in [0.2, 0.25) is 0 Å². The van der Waals surface area contributed by atoms with Crippen molar-refractivity contribution in [1.29, 1.82) is 0 Å². The van der Waals surface area contributed by atoms with Gasteiger partial charge in [0.2, 0.25) is 5.91 Å². The van der Waals surface area contributed by atoms with Gasteiger partial charge in [-0.2, -0.15) is 13.2 Å². The molecule has 0 spiro atoms. The van der Waals surface area contributed by atoms with E-state index in [9.17, 15) is 22.8 Å². The Kier molecular flexibility index (Phi) is 5.03. The molecule has 1 aliphatic heterocycles. The zero-order valence-electron chi connectivity index (χ0n) is 13.6. The first-order valence-corrected chi connectivity index (χ1v) is 7.97. The number of hydrogen-bond donors (Lipinski definition) is 2. The van der Waals surface area contributed by atoms with Gasteiger partial charge in [-0.25, -0.2) is 4.98 Å². The summed E-state index contributed by atoms with van der Waals surface area (Å²) in [5, 5.41) is 5.75. The number of carbonyl (C=O) groups is 2. The van der Waals surface area contributed by atoms with Crippen molar-refractivity contribution in [2.75, 3.05) is 11.9 Å². The molecule has 1 aliphatic rings. The fourth-order valence-corrected chi connectivity index (χ4v) is 2.79. The summed E-state index contributed by atoms with van der Waals surface area (Å²) in [6.07, 6.45) is -1.77. The number of nitrogens with one attached hydrogen (secondary N) is 2. The fraction of sp³-hybridized carbons (Fsp3) is 0.278. The summed E-state index contributed by atoms with van der Waals surface area (Å²) in [7, 11) is 0. The Morgan fingerprint density at radius 2 is 2.00 bits per heavy atom. The first kappa shape index (κ1) is 18.1. The minimum Gasteiger partial charge on any atom is -0.312 e. The van der Waals surface area contributed by atoms with E-state index >= 15 is 0 Å². The van der Waals surface area contributed by atoms with Crippen LogP contribution in [0.15, 0.2) is 36.5 Å². The smallest absolute Gasteiger partial charge is 0.312 e. The van der Waals surface area contributed by atoms with Crippen LogP contribution in [0.25, 0.3) is 0 Å². The third kappa shape index (κ3) is 4.08. The van der Waals surface area contributed by atoms with Gasteiger partial charge in [-0.15, -0.1) is 0 Å². The van der Waals surface area contributed by atoms with E-state index in [1.807, 2.05) is 6.07 Å². The Labute approximate surface area is 147 Å². The second-order valence-corrected chi connectivity index (χ2v) is 6.07. The van der Waals surface area contributed by atoms with Crippen LogP contribution in [0.3, 0.4) is 0 Å². The van der Waals surface area contributed by atoms with Gasteiger partial charge in [0.25, 0.3) is 0 Å². The highest BCUT2D eigenvalue weighted by molar-refractivity contribution is 5.97. The number of benzene rings is 1. The minimum atomic E-state index is -4.40. The Bertz CT molecular complexity index is 819. The van der Waals surface area contributed by atoms with Crippen LogP contribution in [0.1, 0.15) is 28.2 Å². The summed E-state index contributed by atoms with van der Waals surface area (Å²) in [5.41, 5.74) is 1.45. The van der Waals surface area contributed by atoms with Crippen LogP contribution < -0.4 is 10.6 Å². The van der Waals surface area contributed by atoms with Gasteiger partial charge in [-0.1, -0.05) is 12.1 Å². The standard InChI is InChI=1S/C18H16F3N3O2/c19-18(20,21)15-3-1-12(2-4-15)14(10-25)9-22-7-11-5-13-6-16(26)24-17(13)23-8-11/h1-5,8,10,14,22H,6-7,9H2,(H,23,24,26). The molecule has 0 aliphatic carbocycles. The Morgan fingerprint density at radius 3 is 2.65 bits per heavy atom. The molecule has 0 saturated carbocycles. The van der Waals surface area contributed by atoms with Gasteiger partial charge in [0.1, 0.15) is 12.1 Å². The molecule has 1 atom stereocenters. The molecule has 8 heteroatoms.